The van der Waals surface area contributed by atoms with E-state index in [0.717, 1.165) is 10.2 Å². The molecule has 0 atom stereocenters. The van der Waals surface area contributed by atoms with Crippen molar-refractivity contribution in [1.29, 1.82) is 0 Å². The maximum Gasteiger partial charge on any atom is 0.162 e. The lowest BCUT2D eigenvalue weighted by Gasteiger charge is -2.07. The summed E-state index contributed by atoms with van der Waals surface area (Å²) in [7, 11) is 1.78. The molecule has 1 aromatic carbocycles. The van der Waals surface area contributed by atoms with Crippen LogP contribution >= 0.6 is 15.9 Å². The molecule has 0 unspecified atom stereocenters. The Bertz CT molecular complexity index is 557. The molecule has 0 aliphatic carbocycles. The molecule has 0 amide bonds. The molecule has 3 nitrogen and oxygen atoms in total. The van der Waals surface area contributed by atoms with Crippen molar-refractivity contribution in [2.75, 3.05) is 12.4 Å². The first kappa shape index (κ1) is 12.0. The van der Waals surface area contributed by atoms with Crippen molar-refractivity contribution in [3.63, 3.8) is 0 Å². The summed E-state index contributed by atoms with van der Waals surface area (Å²) in [5.41, 5.74) is 1.47. The number of nitrogens with one attached hydrogen (secondary N) is 1. The predicted octanol–water partition coefficient (Wildman–Crippen LogP) is 3.40. The molecular weight excluding hydrogens is 285 g/mol. The van der Waals surface area contributed by atoms with E-state index in [0.29, 0.717) is 17.2 Å². The summed E-state index contributed by atoms with van der Waals surface area (Å²) in [6, 6.07) is 6.28. The minimum Gasteiger partial charge on any atom is -0.373 e. The van der Waals surface area contributed by atoms with Crippen LogP contribution < -0.4 is 5.32 Å². The van der Waals surface area contributed by atoms with Crippen molar-refractivity contribution >= 4 is 21.7 Å². The lowest BCUT2D eigenvalue weighted by Crippen LogP contribution is -1.99. The first-order chi connectivity index (χ1) is 8.10. The minimum absolute atomic E-state index is 0.306. The zero-order chi connectivity index (χ0) is 12.4. The number of aryl methyl sites for hydroxylation is 1. The fraction of sp³-hybridized carbons (Fsp3) is 0.167. The van der Waals surface area contributed by atoms with E-state index in [1.165, 1.54) is 12.1 Å². The maximum absolute atomic E-state index is 13.2. The number of anilines is 1. The zero-order valence-corrected chi connectivity index (χ0v) is 11.0. The third kappa shape index (κ3) is 2.61. The number of hydrogen-bond acceptors (Lipinski definition) is 3. The Morgan fingerprint density at radius 3 is 2.71 bits per heavy atom. The molecule has 2 rings (SSSR count). The Labute approximate surface area is 107 Å². The number of nitrogens with zero attached hydrogens (tertiary/aromatic N) is 2. The van der Waals surface area contributed by atoms with Gasteiger partial charge in [0, 0.05) is 28.8 Å². The van der Waals surface area contributed by atoms with Crippen LogP contribution in [-0.4, -0.2) is 17.0 Å². The highest BCUT2D eigenvalue weighted by Crippen LogP contribution is 2.27. The van der Waals surface area contributed by atoms with Crippen molar-refractivity contribution in [3.05, 3.63) is 40.2 Å². The molecule has 0 aliphatic heterocycles. The van der Waals surface area contributed by atoms with Crippen LogP contribution in [-0.2, 0) is 0 Å². The largest absolute Gasteiger partial charge is 0.373 e. The van der Waals surface area contributed by atoms with Crippen LogP contribution in [0.25, 0.3) is 11.4 Å². The molecule has 0 saturated carbocycles. The summed E-state index contributed by atoms with van der Waals surface area (Å²) in [5, 5.41) is 2.95. The fourth-order valence-electron chi connectivity index (χ4n) is 1.49. The lowest BCUT2D eigenvalue weighted by atomic mass is 10.2. The van der Waals surface area contributed by atoms with Gasteiger partial charge in [-0.3, -0.25) is 0 Å². The number of halogens is 2. The Morgan fingerprint density at radius 2 is 2.00 bits per heavy atom. The fourth-order valence-corrected chi connectivity index (χ4v) is 1.91. The zero-order valence-electron chi connectivity index (χ0n) is 9.46. The van der Waals surface area contributed by atoms with Crippen LogP contribution in [0.5, 0.6) is 0 Å². The van der Waals surface area contributed by atoms with E-state index < -0.39 is 0 Å². The minimum atomic E-state index is -0.306. The number of benzene rings is 1. The molecule has 5 heteroatoms. The average molecular weight is 296 g/mol. The molecular formula is C12H11BrFN3. The van der Waals surface area contributed by atoms with Crippen LogP contribution in [0.4, 0.5) is 10.2 Å². The first-order valence-electron chi connectivity index (χ1n) is 5.09. The van der Waals surface area contributed by atoms with Gasteiger partial charge in [0.25, 0.3) is 0 Å². The van der Waals surface area contributed by atoms with Crippen LogP contribution in [0.15, 0.2) is 28.7 Å². The summed E-state index contributed by atoms with van der Waals surface area (Å²) in [6.45, 7) is 1.87. The van der Waals surface area contributed by atoms with E-state index in [1.807, 2.05) is 13.0 Å². The first-order valence-corrected chi connectivity index (χ1v) is 5.88. The third-order valence-electron chi connectivity index (χ3n) is 2.28. The summed E-state index contributed by atoms with van der Waals surface area (Å²) in [5.74, 6) is 0.906. The SMILES string of the molecule is CNc1cc(C)nc(-c2cc(F)ccc2Br)n1. The van der Waals surface area contributed by atoms with E-state index in [-0.39, 0.29) is 5.82 Å². The normalized spacial score (nSPS) is 10.4. The van der Waals surface area contributed by atoms with Crippen molar-refractivity contribution in [2.45, 2.75) is 6.92 Å². The molecule has 0 aliphatic rings. The van der Waals surface area contributed by atoms with Gasteiger partial charge >= 0.3 is 0 Å². The summed E-state index contributed by atoms with van der Waals surface area (Å²) in [6.07, 6.45) is 0. The second kappa shape index (κ2) is 4.79. The van der Waals surface area contributed by atoms with E-state index >= 15 is 0 Å². The highest BCUT2D eigenvalue weighted by atomic mass is 79.9. The van der Waals surface area contributed by atoms with E-state index in [4.69, 9.17) is 0 Å². The van der Waals surface area contributed by atoms with Gasteiger partial charge in [-0.2, -0.15) is 0 Å². The molecule has 2 aromatic rings. The molecule has 0 spiro atoms. The average Bonchev–Trinajstić information content (AvgIpc) is 2.31. The van der Waals surface area contributed by atoms with Crippen molar-refractivity contribution in [3.8, 4) is 11.4 Å². The smallest absolute Gasteiger partial charge is 0.162 e. The summed E-state index contributed by atoms with van der Waals surface area (Å²) >= 11 is 3.37. The van der Waals surface area contributed by atoms with Gasteiger partial charge in [0.1, 0.15) is 11.6 Å². The third-order valence-corrected chi connectivity index (χ3v) is 2.97. The van der Waals surface area contributed by atoms with Crippen LogP contribution in [0.2, 0.25) is 0 Å². The molecule has 17 heavy (non-hydrogen) atoms. The van der Waals surface area contributed by atoms with Gasteiger partial charge in [-0.05, 0) is 25.1 Å². The van der Waals surface area contributed by atoms with Gasteiger partial charge < -0.3 is 5.32 Å². The van der Waals surface area contributed by atoms with Gasteiger partial charge in [-0.15, -0.1) is 0 Å². The second-order valence-corrected chi connectivity index (χ2v) is 4.45. The Balaban J connectivity index is 2.59. The van der Waals surface area contributed by atoms with Crippen molar-refractivity contribution in [2.24, 2.45) is 0 Å². The highest BCUT2D eigenvalue weighted by molar-refractivity contribution is 9.10. The molecule has 1 heterocycles. The van der Waals surface area contributed by atoms with E-state index in [9.17, 15) is 4.39 Å². The van der Waals surface area contributed by atoms with Gasteiger partial charge in [0.05, 0.1) is 0 Å². The molecule has 0 fully saturated rings. The van der Waals surface area contributed by atoms with Crippen LogP contribution in [0.1, 0.15) is 5.69 Å². The number of hydrogen-bond donors (Lipinski definition) is 1. The lowest BCUT2D eigenvalue weighted by molar-refractivity contribution is 0.628. The van der Waals surface area contributed by atoms with Gasteiger partial charge in [-0.1, -0.05) is 15.9 Å². The summed E-state index contributed by atoms with van der Waals surface area (Å²) < 4.78 is 14.0. The second-order valence-electron chi connectivity index (χ2n) is 3.59. The van der Waals surface area contributed by atoms with Gasteiger partial charge in [0.2, 0.25) is 0 Å². The monoisotopic (exact) mass is 295 g/mol. The van der Waals surface area contributed by atoms with Crippen molar-refractivity contribution < 1.29 is 4.39 Å². The van der Waals surface area contributed by atoms with Crippen LogP contribution in [0, 0.1) is 12.7 Å². The highest BCUT2D eigenvalue weighted by Gasteiger charge is 2.09. The molecule has 0 saturated heterocycles. The molecule has 1 N–H and O–H groups in total. The Kier molecular flexibility index (Phi) is 3.38. The van der Waals surface area contributed by atoms with Gasteiger partial charge in [-0.25, -0.2) is 14.4 Å². The van der Waals surface area contributed by atoms with E-state index in [1.54, 1.807) is 13.1 Å². The van der Waals surface area contributed by atoms with E-state index in [2.05, 4.69) is 31.2 Å². The van der Waals surface area contributed by atoms with Crippen molar-refractivity contribution in [1.82, 2.24) is 9.97 Å². The maximum atomic E-state index is 13.2. The number of rotatable bonds is 2. The molecule has 0 bridgehead atoms. The topological polar surface area (TPSA) is 37.8 Å². The summed E-state index contributed by atoms with van der Waals surface area (Å²) in [4.78, 5) is 8.61. The molecule has 1 aromatic heterocycles. The Morgan fingerprint density at radius 1 is 1.24 bits per heavy atom. The van der Waals surface area contributed by atoms with Gasteiger partial charge in [0.15, 0.2) is 5.82 Å². The molecule has 88 valence electrons. The predicted molar refractivity (Wildman–Crippen MR) is 69.4 cm³/mol. The number of aromatic nitrogens is 2. The molecule has 0 radical (unpaired) electrons. The van der Waals surface area contributed by atoms with Crippen LogP contribution in [0.3, 0.4) is 0 Å². The Hall–Kier alpha value is -1.49. The standard InChI is InChI=1S/C12H11BrFN3/c1-7-5-11(15-2)17-12(16-7)9-6-8(14)3-4-10(9)13/h3-6H,1-2H3,(H,15,16,17). The quantitative estimate of drug-likeness (QED) is 0.923.